The SMILES string of the molecule is CC(C)CNCCc1ccc(CN(C)CC(C)(C)C)cc1. The van der Waals surface area contributed by atoms with Crippen LogP contribution in [0.25, 0.3) is 0 Å². The molecule has 0 radical (unpaired) electrons. The Morgan fingerprint density at radius 2 is 1.62 bits per heavy atom. The molecule has 0 unspecified atom stereocenters. The lowest BCUT2D eigenvalue weighted by atomic mass is 9.96. The van der Waals surface area contributed by atoms with Gasteiger partial charge in [0.2, 0.25) is 0 Å². The molecule has 1 aromatic carbocycles. The van der Waals surface area contributed by atoms with Crippen LogP contribution in [-0.2, 0) is 13.0 Å². The Morgan fingerprint density at radius 1 is 1.05 bits per heavy atom. The lowest BCUT2D eigenvalue weighted by molar-refractivity contribution is 0.221. The van der Waals surface area contributed by atoms with Gasteiger partial charge in [-0.05, 0) is 49.0 Å². The van der Waals surface area contributed by atoms with Crippen LogP contribution in [0.2, 0.25) is 0 Å². The summed E-state index contributed by atoms with van der Waals surface area (Å²) in [5.74, 6) is 0.728. The van der Waals surface area contributed by atoms with Crippen LogP contribution < -0.4 is 5.32 Å². The maximum absolute atomic E-state index is 3.50. The third-order valence-electron chi connectivity index (χ3n) is 3.36. The van der Waals surface area contributed by atoms with Crippen LogP contribution in [0, 0.1) is 11.3 Å². The molecule has 0 aliphatic heterocycles. The monoisotopic (exact) mass is 290 g/mol. The van der Waals surface area contributed by atoms with Gasteiger partial charge in [-0.2, -0.15) is 0 Å². The van der Waals surface area contributed by atoms with Gasteiger partial charge >= 0.3 is 0 Å². The van der Waals surface area contributed by atoms with Crippen LogP contribution in [0.3, 0.4) is 0 Å². The van der Waals surface area contributed by atoms with E-state index in [2.05, 4.69) is 76.1 Å². The third kappa shape index (κ3) is 8.90. The Kier molecular flexibility index (Phi) is 7.41. The molecule has 0 atom stereocenters. The summed E-state index contributed by atoms with van der Waals surface area (Å²) in [6, 6.07) is 9.10. The second-order valence-electron chi connectivity index (χ2n) is 7.90. The molecule has 0 saturated carbocycles. The predicted octanol–water partition coefficient (Wildman–Crippen LogP) is 3.95. The van der Waals surface area contributed by atoms with E-state index >= 15 is 0 Å². The quantitative estimate of drug-likeness (QED) is 0.729. The largest absolute Gasteiger partial charge is 0.316 e. The van der Waals surface area contributed by atoms with Crippen molar-refractivity contribution in [3.8, 4) is 0 Å². The summed E-state index contributed by atoms with van der Waals surface area (Å²) in [4.78, 5) is 2.40. The summed E-state index contributed by atoms with van der Waals surface area (Å²) < 4.78 is 0. The van der Waals surface area contributed by atoms with Gasteiger partial charge in [-0.1, -0.05) is 58.9 Å². The number of rotatable bonds is 8. The van der Waals surface area contributed by atoms with Crippen molar-refractivity contribution in [2.24, 2.45) is 11.3 Å². The van der Waals surface area contributed by atoms with Crippen molar-refractivity contribution in [3.63, 3.8) is 0 Å². The molecule has 1 rings (SSSR count). The van der Waals surface area contributed by atoms with E-state index in [-0.39, 0.29) is 0 Å². The van der Waals surface area contributed by atoms with Crippen molar-refractivity contribution in [2.45, 2.75) is 47.6 Å². The second-order valence-corrected chi connectivity index (χ2v) is 7.90. The highest BCUT2D eigenvalue weighted by molar-refractivity contribution is 5.22. The summed E-state index contributed by atoms with van der Waals surface area (Å²) in [5, 5.41) is 3.50. The molecule has 0 bridgehead atoms. The van der Waals surface area contributed by atoms with Crippen molar-refractivity contribution >= 4 is 0 Å². The van der Waals surface area contributed by atoms with Crippen LogP contribution in [0.15, 0.2) is 24.3 Å². The molecular weight excluding hydrogens is 256 g/mol. The molecular formula is C19H34N2. The Labute approximate surface area is 131 Å². The number of hydrogen-bond acceptors (Lipinski definition) is 2. The van der Waals surface area contributed by atoms with Gasteiger partial charge in [-0.15, -0.1) is 0 Å². The summed E-state index contributed by atoms with van der Waals surface area (Å²) in [5.41, 5.74) is 3.19. The second kappa shape index (κ2) is 8.55. The van der Waals surface area contributed by atoms with E-state index in [0.717, 1.165) is 38.5 Å². The van der Waals surface area contributed by atoms with E-state index in [1.165, 1.54) is 11.1 Å². The minimum Gasteiger partial charge on any atom is -0.316 e. The normalized spacial score (nSPS) is 12.4. The minimum absolute atomic E-state index is 0.358. The van der Waals surface area contributed by atoms with E-state index in [9.17, 15) is 0 Å². The molecule has 120 valence electrons. The molecule has 0 aromatic heterocycles. The van der Waals surface area contributed by atoms with E-state index in [4.69, 9.17) is 0 Å². The van der Waals surface area contributed by atoms with Crippen LogP contribution in [0.1, 0.15) is 45.7 Å². The fourth-order valence-electron chi connectivity index (χ4n) is 2.61. The Hall–Kier alpha value is -0.860. The first-order valence-corrected chi connectivity index (χ1v) is 8.23. The number of benzene rings is 1. The molecule has 0 fully saturated rings. The first kappa shape index (κ1) is 18.2. The number of nitrogens with one attached hydrogen (secondary N) is 1. The molecule has 0 heterocycles. The summed E-state index contributed by atoms with van der Waals surface area (Å²) in [6.45, 7) is 15.7. The van der Waals surface area contributed by atoms with E-state index in [1.54, 1.807) is 0 Å². The highest BCUT2D eigenvalue weighted by atomic mass is 15.1. The van der Waals surface area contributed by atoms with Gasteiger partial charge < -0.3 is 10.2 Å². The van der Waals surface area contributed by atoms with Crippen LogP contribution in [0.4, 0.5) is 0 Å². The standard InChI is InChI=1S/C19H34N2/c1-16(2)13-20-12-11-17-7-9-18(10-8-17)14-21(6)15-19(3,4)5/h7-10,16,20H,11-15H2,1-6H3. The van der Waals surface area contributed by atoms with Crippen LogP contribution >= 0.6 is 0 Å². The average molecular weight is 290 g/mol. The molecule has 0 aliphatic carbocycles. The summed E-state index contributed by atoms with van der Waals surface area (Å²) in [7, 11) is 2.20. The zero-order valence-electron chi connectivity index (χ0n) is 14.9. The van der Waals surface area contributed by atoms with E-state index in [0.29, 0.717) is 5.41 Å². The molecule has 1 aromatic rings. The number of hydrogen-bond donors (Lipinski definition) is 1. The van der Waals surface area contributed by atoms with Crippen molar-refractivity contribution in [3.05, 3.63) is 35.4 Å². The van der Waals surface area contributed by atoms with E-state index in [1.807, 2.05) is 0 Å². The molecule has 1 N–H and O–H groups in total. The predicted molar refractivity (Wildman–Crippen MR) is 93.6 cm³/mol. The van der Waals surface area contributed by atoms with Gasteiger partial charge in [0.05, 0.1) is 0 Å². The van der Waals surface area contributed by atoms with Crippen molar-refractivity contribution in [1.29, 1.82) is 0 Å². The molecule has 2 nitrogen and oxygen atoms in total. The van der Waals surface area contributed by atoms with Crippen molar-refractivity contribution < 1.29 is 0 Å². The molecule has 0 amide bonds. The minimum atomic E-state index is 0.358. The maximum Gasteiger partial charge on any atom is 0.0230 e. The highest BCUT2D eigenvalue weighted by Crippen LogP contribution is 2.16. The fourth-order valence-corrected chi connectivity index (χ4v) is 2.61. The first-order valence-electron chi connectivity index (χ1n) is 8.23. The van der Waals surface area contributed by atoms with Crippen molar-refractivity contribution in [1.82, 2.24) is 10.2 Å². The lowest BCUT2D eigenvalue weighted by Crippen LogP contribution is -2.28. The van der Waals surface area contributed by atoms with Crippen molar-refractivity contribution in [2.75, 3.05) is 26.7 Å². The summed E-state index contributed by atoms with van der Waals surface area (Å²) in [6.07, 6.45) is 1.12. The molecule has 0 spiro atoms. The van der Waals surface area contributed by atoms with E-state index < -0.39 is 0 Å². The third-order valence-corrected chi connectivity index (χ3v) is 3.36. The van der Waals surface area contributed by atoms with Gasteiger partial charge in [0.1, 0.15) is 0 Å². The summed E-state index contributed by atoms with van der Waals surface area (Å²) >= 11 is 0. The van der Waals surface area contributed by atoms with Gasteiger partial charge in [0, 0.05) is 13.1 Å². The zero-order chi connectivity index (χ0) is 15.9. The van der Waals surface area contributed by atoms with Crippen LogP contribution in [-0.4, -0.2) is 31.6 Å². The Morgan fingerprint density at radius 3 is 2.14 bits per heavy atom. The molecule has 21 heavy (non-hydrogen) atoms. The van der Waals surface area contributed by atoms with Crippen LogP contribution in [0.5, 0.6) is 0 Å². The maximum atomic E-state index is 3.50. The highest BCUT2D eigenvalue weighted by Gasteiger charge is 2.13. The topological polar surface area (TPSA) is 15.3 Å². The fraction of sp³-hybridized carbons (Fsp3) is 0.684. The molecule has 0 saturated heterocycles. The number of nitrogens with zero attached hydrogens (tertiary/aromatic N) is 1. The van der Waals surface area contributed by atoms with Gasteiger partial charge in [-0.25, -0.2) is 0 Å². The van der Waals surface area contributed by atoms with Gasteiger partial charge in [0.25, 0.3) is 0 Å². The Balaban J connectivity index is 2.36. The lowest BCUT2D eigenvalue weighted by Gasteiger charge is -2.26. The van der Waals surface area contributed by atoms with Gasteiger partial charge in [-0.3, -0.25) is 0 Å². The first-order chi connectivity index (χ1) is 9.76. The smallest absolute Gasteiger partial charge is 0.0230 e. The molecule has 0 aliphatic rings. The molecule has 2 heteroatoms. The van der Waals surface area contributed by atoms with Gasteiger partial charge in [0.15, 0.2) is 0 Å². The Bertz CT molecular complexity index is 387. The zero-order valence-corrected chi connectivity index (χ0v) is 14.9. The average Bonchev–Trinajstić information content (AvgIpc) is 2.34.